The van der Waals surface area contributed by atoms with E-state index < -0.39 is 0 Å². The molecule has 0 saturated carbocycles. The first kappa shape index (κ1) is 11.2. The van der Waals surface area contributed by atoms with E-state index in [1.807, 2.05) is 0 Å². The third-order valence-corrected chi connectivity index (χ3v) is 3.58. The van der Waals surface area contributed by atoms with Crippen molar-refractivity contribution in [1.82, 2.24) is 0 Å². The average Bonchev–Trinajstić information content (AvgIpc) is 2.16. The van der Waals surface area contributed by atoms with Crippen LogP contribution in [-0.4, -0.2) is 19.3 Å². The van der Waals surface area contributed by atoms with E-state index in [-0.39, 0.29) is 6.04 Å². The molecule has 0 radical (unpaired) electrons. The highest BCUT2D eigenvalue weighted by molar-refractivity contribution is 5.17. The fraction of sp³-hybridized carbons (Fsp3) is 0.846. The van der Waals surface area contributed by atoms with Crippen LogP contribution in [0, 0.1) is 11.3 Å². The summed E-state index contributed by atoms with van der Waals surface area (Å²) in [5, 5.41) is 0. The first-order valence-corrected chi connectivity index (χ1v) is 6.11. The van der Waals surface area contributed by atoms with E-state index in [0.29, 0.717) is 11.3 Å². The van der Waals surface area contributed by atoms with Crippen molar-refractivity contribution in [3.8, 4) is 0 Å². The molecule has 1 aliphatic heterocycles. The van der Waals surface area contributed by atoms with Gasteiger partial charge in [0.2, 0.25) is 0 Å². The smallest absolute Gasteiger partial charge is 0.0531 e. The van der Waals surface area contributed by atoms with Crippen LogP contribution in [0.3, 0.4) is 0 Å². The van der Waals surface area contributed by atoms with Crippen LogP contribution in [0.2, 0.25) is 0 Å². The Morgan fingerprint density at radius 1 is 1.47 bits per heavy atom. The van der Waals surface area contributed by atoms with E-state index >= 15 is 0 Å². The third kappa shape index (κ3) is 2.82. The first-order chi connectivity index (χ1) is 7.07. The minimum atomic E-state index is 0.255. The van der Waals surface area contributed by atoms with Crippen molar-refractivity contribution in [3.05, 3.63) is 11.6 Å². The van der Waals surface area contributed by atoms with Gasteiger partial charge in [-0.3, -0.25) is 0 Å². The predicted molar refractivity (Wildman–Crippen MR) is 62.6 cm³/mol. The maximum Gasteiger partial charge on any atom is 0.0531 e. The monoisotopic (exact) mass is 209 g/mol. The summed E-state index contributed by atoms with van der Waals surface area (Å²) in [6, 6.07) is 0.255. The molecule has 2 nitrogen and oxygen atoms in total. The van der Waals surface area contributed by atoms with Gasteiger partial charge in [-0.05, 0) is 31.1 Å². The fourth-order valence-corrected chi connectivity index (χ4v) is 2.97. The number of hydrogen-bond acceptors (Lipinski definition) is 2. The zero-order valence-corrected chi connectivity index (χ0v) is 9.96. The van der Waals surface area contributed by atoms with Gasteiger partial charge in [-0.2, -0.15) is 0 Å². The lowest BCUT2D eigenvalue weighted by atomic mass is 9.72. The van der Waals surface area contributed by atoms with Crippen LogP contribution in [0.1, 0.15) is 39.5 Å². The van der Waals surface area contributed by atoms with E-state index in [2.05, 4.69) is 19.9 Å². The second-order valence-corrected chi connectivity index (χ2v) is 5.86. The van der Waals surface area contributed by atoms with Crippen LogP contribution >= 0.6 is 0 Å². The van der Waals surface area contributed by atoms with Crippen molar-refractivity contribution in [2.75, 3.05) is 13.2 Å². The lowest BCUT2D eigenvalue weighted by Crippen LogP contribution is -2.34. The molecular weight excluding hydrogens is 186 g/mol. The molecule has 2 atom stereocenters. The molecule has 0 aromatic heterocycles. The summed E-state index contributed by atoms with van der Waals surface area (Å²) in [5.41, 5.74) is 8.02. The zero-order chi connectivity index (χ0) is 10.9. The summed E-state index contributed by atoms with van der Waals surface area (Å²) < 4.78 is 5.56. The summed E-state index contributed by atoms with van der Waals surface area (Å²) >= 11 is 0. The van der Waals surface area contributed by atoms with Crippen molar-refractivity contribution in [3.63, 3.8) is 0 Å². The lowest BCUT2D eigenvalue weighted by molar-refractivity contribution is 0.0629. The minimum absolute atomic E-state index is 0.255. The Morgan fingerprint density at radius 3 is 2.87 bits per heavy atom. The molecule has 2 rings (SSSR count). The van der Waals surface area contributed by atoms with Crippen LogP contribution in [0.5, 0.6) is 0 Å². The van der Waals surface area contributed by atoms with E-state index in [0.717, 1.165) is 19.6 Å². The maximum absolute atomic E-state index is 6.09. The second kappa shape index (κ2) is 4.26. The highest BCUT2D eigenvalue weighted by Gasteiger charge is 2.30. The van der Waals surface area contributed by atoms with Crippen molar-refractivity contribution in [2.24, 2.45) is 17.1 Å². The number of ether oxygens (including phenoxy) is 1. The van der Waals surface area contributed by atoms with Gasteiger partial charge in [0.1, 0.15) is 0 Å². The zero-order valence-electron chi connectivity index (χ0n) is 9.96. The Morgan fingerprint density at radius 2 is 2.27 bits per heavy atom. The Labute approximate surface area is 92.9 Å². The van der Waals surface area contributed by atoms with E-state index in [1.54, 1.807) is 5.57 Å². The van der Waals surface area contributed by atoms with Crippen molar-refractivity contribution in [2.45, 2.75) is 45.6 Å². The second-order valence-electron chi connectivity index (χ2n) is 5.86. The first-order valence-electron chi connectivity index (χ1n) is 6.11. The van der Waals surface area contributed by atoms with Gasteiger partial charge in [0.25, 0.3) is 0 Å². The van der Waals surface area contributed by atoms with Gasteiger partial charge < -0.3 is 10.5 Å². The molecule has 15 heavy (non-hydrogen) atoms. The van der Waals surface area contributed by atoms with Gasteiger partial charge in [-0.1, -0.05) is 25.5 Å². The van der Waals surface area contributed by atoms with Crippen molar-refractivity contribution < 1.29 is 4.74 Å². The van der Waals surface area contributed by atoms with Gasteiger partial charge in [0, 0.05) is 18.6 Å². The number of nitrogens with two attached hydrogens (primary N) is 1. The van der Waals surface area contributed by atoms with Crippen LogP contribution < -0.4 is 5.73 Å². The van der Waals surface area contributed by atoms with E-state index in [1.165, 1.54) is 19.3 Å². The molecule has 2 N–H and O–H groups in total. The molecule has 2 aliphatic rings. The topological polar surface area (TPSA) is 35.2 Å². The molecule has 2 unspecified atom stereocenters. The molecule has 0 spiro atoms. The SMILES string of the molecule is CC1(C)CC(C2CCCOC2)=CC(N)C1. The summed E-state index contributed by atoms with van der Waals surface area (Å²) in [7, 11) is 0. The molecule has 0 aromatic carbocycles. The number of hydrogen-bond donors (Lipinski definition) is 1. The van der Waals surface area contributed by atoms with E-state index in [9.17, 15) is 0 Å². The normalized spacial score (nSPS) is 36.1. The molecule has 2 heteroatoms. The fourth-order valence-electron chi connectivity index (χ4n) is 2.97. The van der Waals surface area contributed by atoms with Gasteiger partial charge in [0.15, 0.2) is 0 Å². The van der Waals surface area contributed by atoms with Crippen LogP contribution in [0.4, 0.5) is 0 Å². The van der Waals surface area contributed by atoms with Crippen molar-refractivity contribution >= 4 is 0 Å². The lowest BCUT2D eigenvalue weighted by Gasteiger charge is -2.37. The predicted octanol–water partition coefficient (Wildman–Crippen LogP) is 2.49. The molecular formula is C13H23NO. The maximum atomic E-state index is 6.09. The minimum Gasteiger partial charge on any atom is -0.381 e. The number of rotatable bonds is 1. The molecule has 1 saturated heterocycles. The van der Waals surface area contributed by atoms with Gasteiger partial charge >= 0.3 is 0 Å². The summed E-state index contributed by atoms with van der Waals surface area (Å²) in [6.07, 6.45) is 7.11. The van der Waals surface area contributed by atoms with Gasteiger partial charge in [-0.25, -0.2) is 0 Å². The molecule has 86 valence electrons. The Kier molecular flexibility index (Phi) is 3.17. The average molecular weight is 209 g/mol. The molecule has 1 aliphatic carbocycles. The summed E-state index contributed by atoms with van der Waals surface area (Å²) in [5.74, 6) is 0.643. The summed E-state index contributed by atoms with van der Waals surface area (Å²) in [4.78, 5) is 0. The van der Waals surface area contributed by atoms with Gasteiger partial charge in [-0.15, -0.1) is 0 Å². The highest BCUT2D eigenvalue weighted by atomic mass is 16.5. The largest absolute Gasteiger partial charge is 0.381 e. The Balaban J connectivity index is 2.07. The van der Waals surface area contributed by atoms with Crippen LogP contribution in [-0.2, 0) is 4.74 Å². The van der Waals surface area contributed by atoms with E-state index in [4.69, 9.17) is 10.5 Å². The molecule has 1 heterocycles. The van der Waals surface area contributed by atoms with Gasteiger partial charge in [0.05, 0.1) is 6.61 Å². The highest BCUT2D eigenvalue weighted by Crippen LogP contribution is 2.39. The third-order valence-electron chi connectivity index (χ3n) is 3.58. The molecule has 0 aromatic rings. The summed E-state index contributed by atoms with van der Waals surface area (Å²) in [6.45, 7) is 6.50. The molecule has 0 bridgehead atoms. The Hall–Kier alpha value is -0.340. The molecule has 1 fully saturated rings. The molecule has 0 amide bonds. The van der Waals surface area contributed by atoms with Crippen molar-refractivity contribution in [1.29, 1.82) is 0 Å². The van der Waals surface area contributed by atoms with Crippen LogP contribution in [0.15, 0.2) is 11.6 Å². The van der Waals surface area contributed by atoms with Crippen LogP contribution in [0.25, 0.3) is 0 Å². The standard InChI is InChI=1S/C13H23NO/c1-13(2)7-11(6-12(14)8-13)10-4-3-5-15-9-10/h6,10,12H,3-5,7-9,14H2,1-2H3. The Bertz CT molecular complexity index is 251. The quantitative estimate of drug-likeness (QED) is 0.673.